The number of carbonyl (C=O) groups excluding carboxylic acids is 1. The number of fused-ring (bicyclic) bond motifs is 1. The van der Waals surface area contributed by atoms with Gasteiger partial charge in [0.25, 0.3) is 5.91 Å². The van der Waals surface area contributed by atoms with Crippen LogP contribution in [-0.2, 0) is 6.42 Å². The maximum Gasteiger partial charge on any atom is 0.301 e. The Morgan fingerprint density at radius 1 is 1.47 bits per heavy atom. The molecule has 1 aromatic carbocycles. The van der Waals surface area contributed by atoms with Crippen molar-refractivity contribution in [1.82, 2.24) is 4.98 Å². The third-order valence-corrected chi connectivity index (χ3v) is 3.18. The Hall–Kier alpha value is -2.30. The molecule has 1 aliphatic heterocycles. The minimum absolute atomic E-state index is 0.178. The predicted molar refractivity (Wildman–Crippen MR) is 72.4 cm³/mol. The van der Waals surface area contributed by atoms with E-state index in [1.165, 1.54) is 6.26 Å². The molecule has 2 aromatic rings. The van der Waals surface area contributed by atoms with Crippen molar-refractivity contribution in [3.63, 3.8) is 0 Å². The standard InChI is InChI=1S/C14H15N3O2/c1-9-8-19-14(16-9)17-13(18)11-4-2-6-12-10(11)5-3-7-15-12/h2,4,6,8,15H,3,5,7H2,1H3,(H,16,17,18). The molecule has 0 aliphatic carbocycles. The highest BCUT2D eigenvalue weighted by Crippen LogP contribution is 2.25. The molecule has 0 bridgehead atoms. The van der Waals surface area contributed by atoms with Crippen molar-refractivity contribution in [1.29, 1.82) is 0 Å². The minimum atomic E-state index is -0.178. The number of hydrogen-bond donors (Lipinski definition) is 2. The summed E-state index contributed by atoms with van der Waals surface area (Å²) in [5.74, 6) is -0.178. The zero-order valence-electron chi connectivity index (χ0n) is 10.7. The third-order valence-electron chi connectivity index (χ3n) is 3.18. The van der Waals surface area contributed by atoms with E-state index in [-0.39, 0.29) is 11.9 Å². The summed E-state index contributed by atoms with van der Waals surface area (Å²) in [6, 6.07) is 5.95. The summed E-state index contributed by atoms with van der Waals surface area (Å²) in [6.07, 6.45) is 3.46. The lowest BCUT2D eigenvalue weighted by atomic mass is 9.97. The molecule has 3 rings (SSSR count). The van der Waals surface area contributed by atoms with Crippen LogP contribution >= 0.6 is 0 Å². The van der Waals surface area contributed by atoms with Gasteiger partial charge in [-0.15, -0.1) is 0 Å². The average molecular weight is 257 g/mol. The number of hydrogen-bond acceptors (Lipinski definition) is 4. The Morgan fingerprint density at radius 3 is 3.16 bits per heavy atom. The predicted octanol–water partition coefficient (Wildman–Crippen LogP) is 2.59. The largest absolute Gasteiger partial charge is 0.432 e. The molecule has 2 heterocycles. The van der Waals surface area contributed by atoms with E-state index in [0.29, 0.717) is 5.56 Å². The van der Waals surface area contributed by atoms with Crippen molar-refractivity contribution < 1.29 is 9.21 Å². The molecular formula is C14H15N3O2. The van der Waals surface area contributed by atoms with E-state index in [9.17, 15) is 4.79 Å². The summed E-state index contributed by atoms with van der Waals surface area (Å²) >= 11 is 0. The first kappa shape index (κ1) is 11.8. The zero-order chi connectivity index (χ0) is 13.2. The van der Waals surface area contributed by atoms with Crippen molar-refractivity contribution in [3.8, 4) is 0 Å². The van der Waals surface area contributed by atoms with Gasteiger partial charge in [-0.2, -0.15) is 4.98 Å². The second-order valence-electron chi connectivity index (χ2n) is 4.61. The topological polar surface area (TPSA) is 67.2 Å². The van der Waals surface area contributed by atoms with E-state index in [4.69, 9.17) is 4.42 Å². The van der Waals surface area contributed by atoms with Crippen LogP contribution < -0.4 is 10.6 Å². The van der Waals surface area contributed by atoms with Gasteiger partial charge in [0.2, 0.25) is 0 Å². The Bertz CT molecular complexity index is 619. The van der Waals surface area contributed by atoms with E-state index in [2.05, 4.69) is 15.6 Å². The quantitative estimate of drug-likeness (QED) is 0.867. The Labute approximate surface area is 111 Å². The molecule has 5 heteroatoms. The molecule has 0 fully saturated rings. The fourth-order valence-electron chi connectivity index (χ4n) is 2.30. The monoisotopic (exact) mass is 257 g/mol. The van der Waals surface area contributed by atoms with Gasteiger partial charge in [-0.3, -0.25) is 10.1 Å². The summed E-state index contributed by atoms with van der Waals surface area (Å²) in [4.78, 5) is 16.3. The molecule has 0 spiro atoms. The molecule has 0 saturated carbocycles. The summed E-state index contributed by atoms with van der Waals surface area (Å²) < 4.78 is 5.14. The zero-order valence-corrected chi connectivity index (χ0v) is 10.7. The van der Waals surface area contributed by atoms with Crippen molar-refractivity contribution in [2.75, 3.05) is 17.2 Å². The van der Waals surface area contributed by atoms with Crippen LogP contribution in [0.1, 0.15) is 28.0 Å². The number of oxazole rings is 1. The summed E-state index contributed by atoms with van der Waals surface area (Å²) in [7, 11) is 0. The number of carbonyl (C=O) groups is 1. The Kier molecular flexibility index (Phi) is 2.95. The van der Waals surface area contributed by atoms with E-state index in [1.54, 1.807) is 0 Å². The van der Waals surface area contributed by atoms with Gasteiger partial charge in [0.05, 0.1) is 5.69 Å². The molecule has 98 valence electrons. The highest BCUT2D eigenvalue weighted by molar-refractivity contribution is 6.05. The summed E-state index contributed by atoms with van der Waals surface area (Å²) in [5, 5.41) is 5.99. The molecule has 5 nitrogen and oxygen atoms in total. The Balaban J connectivity index is 1.87. The lowest BCUT2D eigenvalue weighted by Gasteiger charge is -2.20. The lowest BCUT2D eigenvalue weighted by Crippen LogP contribution is -2.19. The van der Waals surface area contributed by atoms with Crippen LogP contribution in [0.4, 0.5) is 11.7 Å². The smallest absolute Gasteiger partial charge is 0.301 e. The summed E-state index contributed by atoms with van der Waals surface area (Å²) in [5.41, 5.74) is 3.53. The molecule has 19 heavy (non-hydrogen) atoms. The van der Waals surface area contributed by atoms with Crippen LogP contribution in [0.5, 0.6) is 0 Å². The number of benzene rings is 1. The number of anilines is 2. The first-order chi connectivity index (χ1) is 9.24. The number of nitrogens with zero attached hydrogens (tertiary/aromatic N) is 1. The van der Waals surface area contributed by atoms with Crippen LogP contribution in [-0.4, -0.2) is 17.4 Å². The number of nitrogens with one attached hydrogen (secondary N) is 2. The van der Waals surface area contributed by atoms with Crippen molar-refractivity contribution in [2.45, 2.75) is 19.8 Å². The number of aromatic nitrogens is 1. The highest BCUT2D eigenvalue weighted by Gasteiger charge is 2.18. The molecule has 1 aromatic heterocycles. The molecule has 0 atom stereocenters. The van der Waals surface area contributed by atoms with Gasteiger partial charge in [-0.05, 0) is 37.5 Å². The van der Waals surface area contributed by atoms with Crippen LogP contribution in [0.25, 0.3) is 0 Å². The Morgan fingerprint density at radius 2 is 2.37 bits per heavy atom. The molecule has 2 N–H and O–H groups in total. The van der Waals surface area contributed by atoms with Crippen molar-refractivity contribution in [3.05, 3.63) is 41.3 Å². The van der Waals surface area contributed by atoms with Crippen LogP contribution in [0.15, 0.2) is 28.9 Å². The van der Waals surface area contributed by atoms with Crippen LogP contribution in [0.3, 0.4) is 0 Å². The first-order valence-electron chi connectivity index (χ1n) is 6.33. The minimum Gasteiger partial charge on any atom is -0.432 e. The van der Waals surface area contributed by atoms with Gasteiger partial charge in [0, 0.05) is 17.8 Å². The summed E-state index contributed by atoms with van der Waals surface area (Å²) in [6.45, 7) is 2.77. The lowest BCUT2D eigenvalue weighted by molar-refractivity contribution is 0.102. The van der Waals surface area contributed by atoms with Gasteiger partial charge in [0.1, 0.15) is 6.26 Å². The van der Waals surface area contributed by atoms with Gasteiger partial charge in [-0.25, -0.2) is 0 Å². The molecule has 1 amide bonds. The number of rotatable bonds is 2. The van der Waals surface area contributed by atoms with Crippen molar-refractivity contribution >= 4 is 17.6 Å². The molecule has 0 unspecified atom stereocenters. The van der Waals surface area contributed by atoms with E-state index >= 15 is 0 Å². The van der Waals surface area contributed by atoms with Gasteiger partial charge >= 0.3 is 6.01 Å². The van der Waals surface area contributed by atoms with Gasteiger partial charge in [0.15, 0.2) is 0 Å². The average Bonchev–Trinajstić information content (AvgIpc) is 2.83. The number of amides is 1. The molecule has 0 radical (unpaired) electrons. The molecule has 1 aliphatic rings. The second kappa shape index (κ2) is 4.76. The maximum atomic E-state index is 12.3. The second-order valence-corrected chi connectivity index (χ2v) is 4.61. The van der Waals surface area contributed by atoms with Crippen LogP contribution in [0.2, 0.25) is 0 Å². The fraction of sp³-hybridized carbons (Fsp3) is 0.286. The molecule has 0 saturated heterocycles. The maximum absolute atomic E-state index is 12.3. The fourth-order valence-corrected chi connectivity index (χ4v) is 2.30. The first-order valence-corrected chi connectivity index (χ1v) is 6.33. The van der Waals surface area contributed by atoms with E-state index < -0.39 is 0 Å². The molecular weight excluding hydrogens is 242 g/mol. The van der Waals surface area contributed by atoms with E-state index in [0.717, 1.165) is 36.3 Å². The normalized spacial score (nSPS) is 13.5. The van der Waals surface area contributed by atoms with Gasteiger partial charge < -0.3 is 9.73 Å². The number of aryl methyl sites for hydroxylation is 1. The third kappa shape index (κ3) is 2.31. The van der Waals surface area contributed by atoms with Gasteiger partial charge in [-0.1, -0.05) is 6.07 Å². The van der Waals surface area contributed by atoms with E-state index in [1.807, 2.05) is 25.1 Å². The highest BCUT2D eigenvalue weighted by atomic mass is 16.4. The SMILES string of the molecule is Cc1coc(NC(=O)c2cccc3c2CCCN3)n1. The van der Waals surface area contributed by atoms with Crippen LogP contribution in [0, 0.1) is 6.92 Å². The van der Waals surface area contributed by atoms with Crippen molar-refractivity contribution in [2.24, 2.45) is 0 Å².